The Labute approximate surface area is 129 Å². The van der Waals surface area contributed by atoms with E-state index in [2.05, 4.69) is 22.4 Å². The molecule has 0 bridgehead atoms. The zero-order chi connectivity index (χ0) is 15.1. The van der Waals surface area contributed by atoms with Crippen LogP contribution in [0, 0.1) is 5.92 Å². The SMILES string of the molecule is CCCc1noc2nc(C3CC3)cc(C(=O)NCC3CC3)c12. The van der Waals surface area contributed by atoms with E-state index >= 15 is 0 Å². The summed E-state index contributed by atoms with van der Waals surface area (Å²) < 4.78 is 5.41. The minimum Gasteiger partial charge on any atom is -0.352 e. The summed E-state index contributed by atoms with van der Waals surface area (Å²) >= 11 is 0. The van der Waals surface area contributed by atoms with Crippen LogP contribution in [0.1, 0.15) is 66.7 Å². The van der Waals surface area contributed by atoms with Gasteiger partial charge in [0.15, 0.2) is 0 Å². The second-order valence-corrected chi connectivity index (χ2v) is 6.58. The summed E-state index contributed by atoms with van der Waals surface area (Å²) in [6.07, 6.45) is 6.53. The van der Waals surface area contributed by atoms with E-state index in [-0.39, 0.29) is 5.91 Å². The fourth-order valence-electron chi connectivity index (χ4n) is 2.86. The van der Waals surface area contributed by atoms with E-state index in [0.717, 1.165) is 49.0 Å². The molecule has 0 aromatic carbocycles. The summed E-state index contributed by atoms with van der Waals surface area (Å²) in [5.41, 5.74) is 3.04. The van der Waals surface area contributed by atoms with Gasteiger partial charge in [-0.05, 0) is 44.1 Å². The van der Waals surface area contributed by atoms with Gasteiger partial charge in [0.2, 0.25) is 0 Å². The molecular formula is C17H21N3O2. The highest BCUT2D eigenvalue weighted by Crippen LogP contribution is 2.40. The van der Waals surface area contributed by atoms with Crippen LogP contribution in [0.5, 0.6) is 0 Å². The molecule has 2 heterocycles. The standard InChI is InChI=1S/C17H21N3O2/c1-2-3-13-15-12(16(21)18-9-10-4-5-10)8-14(11-6-7-11)19-17(15)22-20-13/h8,10-11H,2-7,9H2,1H3,(H,18,21). The van der Waals surface area contributed by atoms with Crippen LogP contribution in [0.4, 0.5) is 0 Å². The lowest BCUT2D eigenvalue weighted by molar-refractivity contribution is 0.0953. The van der Waals surface area contributed by atoms with Crippen molar-refractivity contribution in [2.24, 2.45) is 5.92 Å². The maximum absolute atomic E-state index is 12.6. The molecule has 0 aliphatic heterocycles. The summed E-state index contributed by atoms with van der Waals surface area (Å²) in [5, 5.41) is 8.01. The number of amides is 1. The molecule has 2 aromatic rings. The average molecular weight is 299 g/mol. The van der Waals surface area contributed by atoms with E-state index in [1.807, 2.05) is 6.07 Å². The minimum absolute atomic E-state index is 0.0123. The van der Waals surface area contributed by atoms with Crippen molar-refractivity contribution in [3.8, 4) is 0 Å². The van der Waals surface area contributed by atoms with E-state index in [4.69, 9.17) is 4.52 Å². The Morgan fingerprint density at radius 1 is 1.36 bits per heavy atom. The maximum atomic E-state index is 12.6. The number of pyridine rings is 1. The lowest BCUT2D eigenvalue weighted by atomic mass is 10.0. The summed E-state index contributed by atoms with van der Waals surface area (Å²) in [4.78, 5) is 17.2. The number of fused-ring (bicyclic) bond motifs is 1. The molecule has 2 saturated carbocycles. The van der Waals surface area contributed by atoms with E-state index in [0.29, 0.717) is 23.1 Å². The van der Waals surface area contributed by atoms with Crippen molar-refractivity contribution in [2.45, 2.75) is 51.4 Å². The van der Waals surface area contributed by atoms with Crippen LogP contribution in [-0.4, -0.2) is 22.6 Å². The van der Waals surface area contributed by atoms with Crippen LogP contribution in [0.15, 0.2) is 10.6 Å². The molecule has 2 aliphatic carbocycles. The first kappa shape index (κ1) is 13.7. The number of carbonyl (C=O) groups is 1. The molecule has 0 spiro atoms. The smallest absolute Gasteiger partial charge is 0.259 e. The first-order valence-electron chi connectivity index (χ1n) is 8.33. The molecule has 1 N–H and O–H groups in total. The third kappa shape index (κ3) is 2.60. The molecule has 5 nitrogen and oxygen atoms in total. The van der Waals surface area contributed by atoms with Gasteiger partial charge < -0.3 is 9.84 Å². The predicted molar refractivity (Wildman–Crippen MR) is 82.8 cm³/mol. The zero-order valence-electron chi connectivity index (χ0n) is 12.9. The highest BCUT2D eigenvalue weighted by Gasteiger charge is 2.29. The molecule has 0 atom stereocenters. The van der Waals surface area contributed by atoms with Gasteiger partial charge in [0.05, 0.1) is 16.6 Å². The average Bonchev–Trinajstić information content (AvgIpc) is 3.43. The van der Waals surface area contributed by atoms with E-state index < -0.39 is 0 Å². The van der Waals surface area contributed by atoms with Gasteiger partial charge in [0, 0.05) is 18.2 Å². The molecule has 116 valence electrons. The number of carbonyl (C=O) groups excluding carboxylic acids is 1. The molecule has 1 amide bonds. The maximum Gasteiger partial charge on any atom is 0.259 e. The van der Waals surface area contributed by atoms with Crippen LogP contribution in [0.25, 0.3) is 11.1 Å². The summed E-state index contributed by atoms with van der Waals surface area (Å²) in [5.74, 6) is 1.14. The quantitative estimate of drug-likeness (QED) is 0.889. The van der Waals surface area contributed by atoms with Gasteiger partial charge in [-0.3, -0.25) is 4.79 Å². The van der Waals surface area contributed by atoms with Gasteiger partial charge in [0.1, 0.15) is 0 Å². The minimum atomic E-state index is -0.0123. The topological polar surface area (TPSA) is 68.0 Å². The second kappa shape index (κ2) is 5.38. The van der Waals surface area contributed by atoms with Crippen molar-refractivity contribution in [3.05, 3.63) is 23.0 Å². The highest BCUT2D eigenvalue weighted by molar-refractivity contribution is 6.06. The van der Waals surface area contributed by atoms with Gasteiger partial charge in [-0.15, -0.1) is 0 Å². The molecule has 0 radical (unpaired) electrons. The first-order chi connectivity index (χ1) is 10.8. The zero-order valence-corrected chi connectivity index (χ0v) is 12.9. The fraction of sp³-hybridized carbons (Fsp3) is 0.588. The van der Waals surface area contributed by atoms with Gasteiger partial charge >= 0.3 is 0 Å². The van der Waals surface area contributed by atoms with Gasteiger partial charge in [-0.2, -0.15) is 0 Å². The van der Waals surface area contributed by atoms with E-state index in [1.165, 1.54) is 12.8 Å². The van der Waals surface area contributed by atoms with Crippen molar-refractivity contribution in [1.29, 1.82) is 0 Å². The molecule has 2 aromatic heterocycles. The number of aryl methyl sites for hydroxylation is 1. The third-order valence-corrected chi connectivity index (χ3v) is 4.51. The summed E-state index contributed by atoms with van der Waals surface area (Å²) in [6, 6.07) is 1.96. The molecule has 2 fully saturated rings. The monoisotopic (exact) mass is 299 g/mol. The van der Waals surface area contributed by atoms with Crippen LogP contribution in [-0.2, 0) is 6.42 Å². The van der Waals surface area contributed by atoms with Gasteiger partial charge in [-0.1, -0.05) is 18.5 Å². The predicted octanol–water partition coefficient (Wildman–Crippen LogP) is 3.19. The number of nitrogens with one attached hydrogen (secondary N) is 1. The van der Waals surface area contributed by atoms with Crippen molar-refractivity contribution < 1.29 is 9.32 Å². The Balaban J connectivity index is 1.73. The van der Waals surface area contributed by atoms with Gasteiger partial charge in [0.25, 0.3) is 11.6 Å². The van der Waals surface area contributed by atoms with Crippen LogP contribution < -0.4 is 5.32 Å². The van der Waals surface area contributed by atoms with Crippen molar-refractivity contribution in [3.63, 3.8) is 0 Å². The van der Waals surface area contributed by atoms with Crippen molar-refractivity contribution in [1.82, 2.24) is 15.5 Å². The Bertz CT molecular complexity index is 714. The number of nitrogens with zero attached hydrogens (tertiary/aromatic N) is 2. The Kier molecular flexibility index (Phi) is 3.36. The Hall–Kier alpha value is -1.91. The summed E-state index contributed by atoms with van der Waals surface area (Å²) in [6.45, 7) is 2.87. The third-order valence-electron chi connectivity index (χ3n) is 4.51. The van der Waals surface area contributed by atoms with E-state index in [9.17, 15) is 4.79 Å². The molecule has 0 saturated heterocycles. The Morgan fingerprint density at radius 3 is 2.86 bits per heavy atom. The molecule has 0 unspecified atom stereocenters. The van der Waals surface area contributed by atoms with Gasteiger partial charge in [-0.25, -0.2) is 4.98 Å². The lowest BCUT2D eigenvalue weighted by Crippen LogP contribution is -2.26. The van der Waals surface area contributed by atoms with Crippen molar-refractivity contribution >= 4 is 17.0 Å². The molecule has 5 heteroatoms. The lowest BCUT2D eigenvalue weighted by Gasteiger charge is -2.07. The fourth-order valence-corrected chi connectivity index (χ4v) is 2.86. The van der Waals surface area contributed by atoms with Crippen LogP contribution >= 0.6 is 0 Å². The normalized spacial score (nSPS) is 17.9. The highest BCUT2D eigenvalue weighted by atomic mass is 16.5. The molecule has 4 rings (SSSR count). The summed E-state index contributed by atoms with van der Waals surface area (Å²) in [7, 11) is 0. The first-order valence-corrected chi connectivity index (χ1v) is 8.33. The number of rotatable bonds is 6. The second-order valence-electron chi connectivity index (χ2n) is 6.58. The molecule has 22 heavy (non-hydrogen) atoms. The molecular weight excluding hydrogens is 278 g/mol. The van der Waals surface area contributed by atoms with Crippen LogP contribution in [0.3, 0.4) is 0 Å². The number of hydrogen-bond donors (Lipinski definition) is 1. The number of aromatic nitrogens is 2. The van der Waals surface area contributed by atoms with E-state index in [1.54, 1.807) is 0 Å². The number of hydrogen-bond acceptors (Lipinski definition) is 4. The largest absolute Gasteiger partial charge is 0.352 e. The Morgan fingerprint density at radius 2 is 2.18 bits per heavy atom. The van der Waals surface area contributed by atoms with Crippen LogP contribution in [0.2, 0.25) is 0 Å². The molecule has 2 aliphatic rings. The van der Waals surface area contributed by atoms with Crippen molar-refractivity contribution in [2.75, 3.05) is 6.54 Å².